The maximum atomic E-state index is 13.3. The lowest BCUT2D eigenvalue weighted by molar-refractivity contribution is 0.292. The smallest absolute Gasteiger partial charge is 0.138 e. The number of ether oxygens (including phenoxy) is 1. The summed E-state index contributed by atoms with van der Waals surface area (Å²) in [6.45, 7) is 2.52. The molecule has 1 aromatic carbocycles. The number of pyridine rings is 1. The van der Waals surface area contributed by atoms with Crippen molar-refractivity contribution in [1.82, 2.24) is 19.7 Å². The Bertz CT molecular complexity index is 847. The highest BCUT2D eigenvalue weighted by Gasteiger charge is 2.34. The van der Waals surface area contributed by atoms with Crippen molar-refractivity contribution in [3.8, 4) is 5.75 Å². The largest absolute Gasteiger partial charge is 0.490 e. The summed E-state index contributed by atoms with van der Waals surface area (Å²) < 4.78 is 20.9. The third kappa shape index (κ3) is 3.17. The summed E-state index contributed by atoms with van der Waals surface area (Å²) in [6, 6.07) is 6.81. The van der Waals surface area contributed by atoms with Crippen LogP contribution in [0.15, 0.2) is 42.9 Å². The maximum absolute atomic E-state index is 13.3. The second kappa shape index (κ2) is 5.62. The highest BCUT2D eigenvalue weighted by molar-refractivity contribution is 5.79. The molecule has 1 fully saturated rings. The average molecular weight is 312 g/mol. The minimum atomic E-state index is -0.263. The number of halogens is 1. The summed E-state index contributed by atoms with van der Waals surface area (Å²) in [7, 11) is 1.92. The van der Waals surface area contributed by atoms with Gasteiger partial charge in [0.05, 0.1) is 24.0 Å². The number of rotatable bonds is 5. The van der Waals surface area contributed by atoms with Crippen LogP contribution >= 0.6 is 0 Å². The molecule has 4 rings (SSSR count). The minimum Gasteiger partial charge on any atom is -0.490 e. The SMILES string of the molecule is Cn1cc(CN2CC2COc2cnc3ccc(F)cc3c2)cn1. The normalized spacial score (nSPS) is 19.9. The summed E-state index contributed by atoms with van der Waals surface area (Å²) in [4.78, 5) is 6.62. The molecule has 2 atom stereocenters. The first-order valence-corrected chi connectivity index (χ1v) is 7.57. The molecule has 0 aliphatic carbocycles. The number of benzene rings is 1. The fourth-order valence-electron chi connectivity index (χ4n) is 2.72. The van der Waals surface area contributed by atoms with E-state index in [9.17, 15) is 4.39 Å². The van der Waals surface area contributed by atoms with Gasteiger partial charge in [0.25, 0.3) is 0 Å². The van der Waals surface area contributed by atoms with Crippen molar-refractivity contribution in [3.05, 3.63) is 54.2 Å². The molecule has 0 bridgehead atoms. The Morgan fingerprint density at radius 1 is 1.30 bits per heavy atom. The maximum Gasteiger partial charge on any atom is 0.138 e. The second-order valence-corrected chi connectivity index (χ2v) is 5.92. The third-order valence-electron chi connectivity index (χ3n) is 4.03. The molecule has 118 valence electrons. The highest BCUT2D eigenvalue weighted by atomic mass is 19.1. The number of nitrogens with zero attached hydrogens (tertiary/aromatic N) is 4. The van der Waals surface area contributed by atoms with Gasteiger partial charge >= 0.3 is 0 Å². The molecule has 1 aliphatic heterocycles. The first-order valence-electron chi connectivity index (χ1n) is 7.57. The number of hydrogen-bond acceptors (Lipinski definition) is 4. The van der Waals surface area contributed by atoms with Crippen molar-refractivity contribution in [1.29, 1.82) is 0 Å². The molecule has 3 aromatic rings. The van der Waals surface area contributed by atoms with Crippen LogP contribution in [0.1, 0.15) is 5.56 Å². The summed E-state index contributed by atoms with van der Waals surface area (Å²) in [5, 5.41) is 4.93. The van der Waals surface area contributed by atoms with E-state index in [0.29, 0.717) is 18.4 Å². The minimum absolute atomic E-state index is 0.263. The number of aryl methyl sites for hydroxylation is 1. The van der Waals surface area contributed by atoms with E-state index in [1.54, 1.807) is 12.3 Å². The van der Waals surface area contributed by atoms with Crippen LogP contribution < -0.4 is 4.74 Å². The number of aromatic nitrogens is 3. The number of fused-ring (bicyclic) bond motifs is 1. The van der Waals surface area contributed by atoms with Crippen LogP contribution in [0.25, 0.3) is 10.9 Å². The molecule has 0 spiro atoms. The Balaban J connectivity index is 1.35. The lowest BCUT2D eigenvalue weighted by Gasteiger charge is -2.07. The molecule has 3 heterocycles. The van der Waals surface area contributed by atoms with Crippen molar-refractivity contribution >= 4 is 10.9 Å². The van der Waals surface area contributed by atoms with Gasteiger partial charge in [0.15, 0.2) is 0 Å². The van der Waals surface area contributed by atoms with Gasteiger partial charge in [0, 0.05) is 37.3 Å². The summed E-state index contributed by atoms with van der Waals surface area (Å²) >= 11 is 0. The molecular weight excluding hydrogens is 295 g/mol. The van der Waals surface area contributed by atoms with E-state index < -0.39 is 0 Å². The molecule has 0 amide bonds. The van der Waals surface area contributed by atoms with Crippen LogP contribution in [-0.4, -0.2) is 38.9 Å². The molecule has 2 aromatic heterocycles. The summed E-state index contributed by atoms with van der Waals surface area (Å²) in [5.41, 5.74) is 1.97. The van der Waals surface area contributed by atoms with Crippen LogP contribution in [-0.2, 0) is 13.6 Å². The molecule has 1 saturated heterocycles. The lowest BCUT2D eigenvalue weighted by atomic mass is 10.2. The summed E-state index contributed by atoms with van der Waals surface area (Å²) in [6.07, 6.45) is 5.60. The van der Waals surface area contributed by atoms with Gasteiger partial charge in [0.1, 0.15) is 18.2 Å². The quantitative estimate of drug-likeness (QED) is 0.678. The van der Waals surface area contributed by atoms with Crippen molar-refractivity contribution in [2.24, 2.45) is 7.05 Å². The Morgan fingerprint density at radius 3 is 3.04 bits per heavy atom. The lowest BCUT2D eigenvalue weighted by Crippen LogP contribution is -2.10. The molecule has 6 heteroatoms. The van der Waals surface area contributed by atoms with E-state index in [4.69, 9.17) is 4.74 Å². The molecule has 0 saturated carbocycles. The van der Waals surface area contributed by atoms with Gasteiger partial charge < -0.3 is 4.74 Å². The molecule has 0 N–H and O–H groups in total. The first kappa shape index (κ1) is 14.1. The Kier molecular flexibility index (Phi) is 3.46. The Labute approximate surface area is 133 Å². The van der Waals surface area contributed by atoms with Crippen molar-refractivity contribution < 1.29 is 9.13 Å². The van der Waals surface area contributed by atoms with E-state index in [0.717, 1.165) is 24.0 Å². The predicted octanol–water partition coefficient (Wildman–Crippen LogP) is 2.37. The zero-order valence-corrected chi connectivity index (χ0v) is 12.8. The first-order chi connectivity index (χ1) is 11.2. The average Bonchev–Trinajstić information content (AvgIpc) is 3.15. The highest BCUT2D eigenvalue weighted by Crippen LogP contribution is 2.24. The fraction of sp³-hybridized carbons (Fsp3) is 0.294. The standard InChI is InChI=1S/C17H17FN4O/c1-21-8-12(6-20-21)9-22-10-15(22)11-23-16-5-13-4-14(18)2-3-17(13)19-7-16/h2-8,15H,9-11H2,1H3. The van der Waals surface area contributed by atoms with E-state index >= 15 is 0 Å². The van der Waals surface area contributed by atoms with Crippen LogP contribution in [0.3, 0.4) is 0 Å². The van der Waals surface area contributed by atoms with Crippen molar-refractivity contribution in [3.63, 3.8) is 0 Å². The predicted molar refractivity (Wildman–Crippen MR) is 84.6 cm³/mol. The Hall–Kier alpha value is -2.47. The van der Waals surface area contributed by atoms with E-state index in [1.165, 1.54) is 17.7 Å². The molecule has 23 heavy (non-hydrogen) atoms. The van der Waals surface area contributed by atoms with Gasteiger partial charge in [-0.1, -0.05) is 0 Å². The van der Waals surface area contributed by atoms with Gasteiger partial charge in [-0.2, -0.15) is 5.10 Å². The van der Waals surface area contributed by atoms with Gasteiger partial charge in [-0.05, 0) is 24.3 Å². The van der Waals surface area contributed by atoms with Crippen LogP contribution in [0.2, 0.25) is 0 Å². The monoisotopic (exact) mass is 312 g/mol. The van der Waals surface area contributed by atoms with Gasteiger partial charge in [-0.25, -0.2) is 4.39 Å². The third-order valence-corrected chi connectivity index (χ3v) is 4.03. The van der Waals surface area contributed by atoms with E-state index in [2.05, 4.69) is 15.0 Å². The van der Waals surface area contributed by atoms with E-state index in [1.807, 2.05) is 30.2 Å². The van der Waals surface area contributed by atoms with Crippen molar-refractivity contribution in [2.45, 2.75) is 12.6 Å². The van der Waals surface area contributed by atoms with Crippen LogP contribution in [0, 0.1) is 5.82 Å². The molecule has 0 radical (unpaired) electrons. The van der Waals surface area contributed by atoms with Crippen LogP contribution in [0.4, 0.5) is 4.39 Å². The molecule has 1 aliphatic rings. The second-order valence-electron chi connectivity index (χ2n) is 5.92. The van der Waals surface area contributed by atoms with Gasteiger partial charge in [0.2, 0.25) is 0 Å². The van der Waals surface area contributed by atoms with Crippen molar-refractivity contribution in [2.75, 3.05) is 13.2 Å². The zero-order chi connectivity index (χ0) is 15.8. The van der Waals surface area contributed by atoms with Gasteiger partial charge in [-0.15, -0.1) is 0 Å². The Morgan fingerprint density at radius 2 is 2.22 bits per heavy atom. The molecular formula is C17H17FN4O. The molecule has 5 nitrogen and oxygen atoms in total. The summed E-state index contributed by atoms with van der Waals surface area (Å²) in [5.74, 6) is 0.414. The fourth-order valence-corrected chi connectivity index (χ4v) is 2.72. The topological polar surface area (TPSA) is 43.0 Å². The van der Waals surface area contributed by atoms with Gasteiger partial charge in [-0.3, -0.25) is 14.6 Å². The molecule has 2 unspecified atom stereocenters. The zero-order valence-electron chi connectivity index (χ0n) is 12.8. The van der Waals surface area contributed by atoms with E-state index in [-0.39, 0.29) is 5.82 Å². The number of hydrogen-bond donors (Lipinski definition) is 0. The van der Waals surface area contributed by atoms with Crippen LogP contribution in [0.5, 0.6) is 5.75 Å².